The Balaban J connectivity index is 2.01. The first-order chi connectivity index (χ1) is 21.8. The van der Waals surface area contributed by atoms with Crippen LogP contribution in [0.15, 0.2) is 54.6 Å². The Labute approximate surface area is 272 Å². The largest absolute Gasteiger partial charge is 0.450 e. The van der Waals surface area contributed by atoms with Gasteiger partial charge in [0.05, 0.1) is 19.8 Å². The summed E-state index contributed by atoms with van der Waals surface area (Å²) >= 11 is 0. The van der Waals surface area contributed by atoms with Crippen LogP contribution in [0.1, 0.15) is 31.4 Å². The number of anilines is 1. The maximum Gasteiger partial charge on any atom is 0.407 e. The molecule has 5 amide bonds. The third-order valence-electron chi connectivity index (χ3n) is 6.72. The molecule has 0 saturated heterocycles. The molecule has 0 saturated carbocycles. The fourth-order valence-corrected chi connectivity index (χ4v) is 4.99. The number of methoxy groups -OCH3 is 1. The van der Waals surface area contributed by atoms with Crippen LogP contribution < -0.4 is 26.6 Å². The zero-order valence-corrected chi connectivity index (χ0v) is 28.7. The van der Waals surface area contributed by atoms with Crippen LogP contribution in [0.25, 0.3) is 0 Å². The second-order valence-corrected chi connectivity index (χ2v) is 18.3. The van der Waals surface area contributed by atoms with Crippen LogP contribution in [0.3, 0.4) is 0 Å². The molecule has 252 valence electrons. The molecular formula is C33H49N5O7Si. The van der Waals surface area contributed by atoms with Crippen molar-refractivity contribution in [2.75, 3.05) is 32.1 Å². The summed E-state index contributed by atoms with van der Waals surface area (Å²) in [6.07, 6.45) is -0.254. The molecular weight excluding hydrogens is 606 g/mol. The highest BCUT2D eigenvalue weighted by Gasteiger charge is 2.28. The minimum atomic E-state index is -1.38. The van der Waals surface area contributed by atoms with Gasteiger partial charge in [-0.15, -0.1) is 0 Å². The Hall–Kier alpha value is -4.23. The van der Waals surface area contributed by atoms with Crippen molar-refractivity contribution in [2.24, 2.45) is 5.92 Å². The lowest BCUT2D eigenvalue weighted by Crippen LogP contribution is -2.56. The molecule has 0 fully saturated rings. The summed E-state index contributed by atoms with van der Waals surface area (Å²) in [5.74, 6) is -2.08. The molecule has 0 aliphatic rings. The molecule has 0 unspecified atom stereocenters. The molecule has 2 rings (SSSR count). The smallest absolute Gasteiger partial charge is 0.407 e. The summed E-state index contributed by atoms with van der Waals surface area (Å²) < 4.78 is 10.3. The lowest BCUT2D eigenvalue weighted by molar-refractivity contribution is -0.132. The Morgan fingerprint density at radius 3 is 2.02 bits per heavy atom. The third kappa shape index (κ3) is 15.7. The summed E-state index contributed by atoms with van der Waals surface area (Å²) in [6.45, 7) is 10.3. The highest BCUT2D eigenvalue weighted by atomic mass is 28.3. The molecule has 2 aromatic carbocycles. The van der Waals surface area contributed by atoms with Gasteiger partial charge in [-0.1, -0.05) is 76.0 Å². The maximum atomic E-state index is 13.5. The van der Waals surface area contributed by atoms with Gasteiger partial charge in [0.1, 0.15) is 18.6 Å². The van der Waals surface area contributed by atoms with Crippen molar-refractivity contribution < 1.29 is 33.4 Å². The van der Waals surface area contributed by atoms with Crippen molar-refractivity contribution in [1.82, 2.24) is 21.3 Å². The van der Waals surface area contributed by atoms with Crippen molar-refractivity contribution in [1.29, 1.82) is 0 Å². The zero-order valence-electron chi connectivity index (χ0n) is 27.7. The molecule has 13 heteroatoms. The normalized spacial score (nSPS) is 12.4. The highest BCUT2D eigenvalue weighted by Crippen LogP contribution is 2.11. The van der Waals surface area contributed by atoms with E-state index in [9.17, 15) is 24.0 Å². The van der Waals surface area contributed by atoms with Crippen LogP contribution >= 0.6 is 0 Å². The highest BCUT2D eigenvalue weighted by molar-refractivity contribution is 6.76. The van der Waals surface area contributed by atoms with Gasteiger partial charge in [0.15, 0.2) is 0 Å². The third-order valence-corrected chi connectivity index (χ3v) is 8.43. The van der Waals surface area contributed by atoms with Gasteiger partial charge >= 0.3 is 6.09 Å². The average Bonchev–Trinajstić information content (AvgIpc) is 2.99. The van der Waals surface area contributed by atoms with E-state index in [2.05, 4.69) is 46.2 Å². The van der Waals surface area contributed by atoms with Crippen molar-refractivity contribution in [3.8, 4) is 0 Å². The number of hydrogen-bond donors (Lipinski definition) is 5. The molecule has 0 aliphatic heterocycles. The Morgan fingerprint density at radius 1 is 0.761 bits per heavy atom. The number of amides is 5. The predicted octanol–water partition coefficient (Wildman–Crippen LogP) is 3.21. The topological polar surface area (TPSA) is 164 Å². The van der Waals surface area contributed by atoms with Crippen LogP contribution in [-0.4, -0.2) is 76.7 Å². The molecule has 0 radical (unpaired) electrons. The first-order valence-electron chi connectivity index (χ1n) is 15.5. The van der Waals surface area contributed by atoms with Gasteiger partial charge in [-0.05, 0) is 41.6 Å². The summed E-state index contributed by atoms with van der Waals surface area (Å²) in [5.41, 5.74) is 2.31. The van der Waals surface area contributed by atoms with E-state index in [0.29, 0.717) is 18.7 Å². The SMILES string of the molecule is COCc1ccc(NC(=O)CNC(=O)[C@H](CC(C)C)NC(=O)[C@H](Cc2ccccc2)NC(=O)CNC(=O)OCC[Si](C)(C)C)cc1. The van der Waals surface area contributed by atoms with Gasteiger partial charge in [0.2, 0.25) is 23.6 Å². The summed E-state index contributed by atoms with van der Waals surface area (Å²) in [6, 6.07) is 15.1. The molecule has 0 heterocycles. The molecule has 0 spiro atoms. The monoisotopic (exact) mass is 655 g/mol. The number of nitrogens with one attached hydrogen (secondary N) is 5. The van der Waals surface area contributed by atoms with E-state index in [1.165, 1.54) is 0 Å². The first kappa shape index (κ1) is 38.0. The maximum absolute atomic E-state index is 13.5. The number of benzene rings is 2. The molecule has 12 nitrogen and oxygen atoms in total. The van der Waals surface area contributed by atoms with E-state index in [1.807, 2.05) is 56.3 Å². The van der Waals surface area contributed by atoms with Gasteiger partial charge in [-0.2, -0.15) is 0 Å². The lowest BCUT2D eigenvalue weighted by Gasteiger charge is -2.24. The second-order valence-electron chi connectivity index (χ2n) is 12.7. The van der Waals surface area contributed by atoms with Crippen LogP contribution in [0.4, 0.5) is 10.5 Å². The molecule has 5 N–H and O–H groups in total. The van der Waals surface area contributed by atoms with Crippen molar-refractivity contribution >= 4 is 43.5 Å². The Morgan fingerprint density at radius 2 is 1.41 bits per heavy atom. The summed E-state index contributed by atoms with van der Waals surface area (Å²) in [4.78, 5) is 64.0. The summed E-state index contributed by atoms with van der Waals surface area (Å²) in [5, 5.41) is 13.2. The number of carbonyl (C=O) groups is 5. The molecule has 46 heavy (non-hydrogen) atoms. The minimum Gasteiger partial charge on any atom is -0.450 e. The predicted molar refractivity (Wildman–Crippen MR) is 180 cm³/mol. The van der Waals surface area contributed by atoms with E-state index < -0.39 is 49.9 Å². The fraction of sp³-hybridized carbons (Fsp3) is 0.485. The number of alkyl carbamates (subject to hydrolysis) is 1. The number of carbonyl (C=O) groups excluding carboxylic acids is 5. The lowest BCUT2D eigenvalue weighted by atomic mass is 10.0. The first-order valence-corrected chi connectivity index (χ1v) is 19.2. The van der Waals surface area contributed by atoms with Crippen LogP contribution in [0, 0.1) is 5.92 Å². The zero-order chi connectivity index (χ0) is 34.1. The van der Waals surface area contributed by atoms with Crippen LogP contribution in [0.5, 0.6) is 0 Å². The summed E-state index contributed by atoms with van der Waals surface area (Å²) in [7, 11) is 0.214. The fourth-order valence-electron chi connectivity index (χ4n) is 4.28. The Bertz CT molecular complexity index is 1280. The van der Waals surface area contributed by atoms with Gasteiger partial charge in [0, 0.05) is 27.3 Å². The quantitative estimate of drug-likeness (QED) is 0.154. The number of ether oxygens (including phenoxy) is 2. The van der Waals surface area contributed by atoms with Gasteiger partial charge in [-0.3, -0.25) is 19.2 Å². The van der Waals surface area contributed by atoms with E-state index in [0.717, 1.165) is 17.2 Å². The van der Waals surface area contributed by atoms with Crippen molar-refractivity contribution in [2.45, 2.75) is 71.1 Å². The molecule has 0 aliphatic carbocycles. The van der Waals surface area contributed by atoms with Gasteiger partial charge < -0.3 is 36.1 Å². The van der Waals surface area contributed by atoms with E-state index in [-0.39, 0.29) is 32.0 Å². The second kappa shape index (κ2) is 19.3. The minimum absolute atomic E-state index is 0.0359. The van der Waals surface area contributed by atoms with Gasteiger partial charge in [0.25, 0.3) is 0 Å². The number of hydrogen-bond acceptors (Lipinski definition) is 7. The van der Waals surface area contributed by atoms with Crippen LogP contribution in [0.2, 0.25) is 25.7 Å². The molecule has 0 bridgehead atoms. The average molecular weight is 656 g/mol. The van der Waals surface area contributed by atoms with Gasteiger partial charge in [-0.25, -0.2) is 4.79 Å². The van der Waals surface area contributed by atoms with E-state index in [4.69, 9.17) is 9.47 Å². The standard InChI is InChI=1S/C33H49N5O7Si/c1-23(2)18-27(31(41)34-20-29(39)36-26-14-12-25(13-15-26)22-44-3)38-32(42)28(19-24-10-8-7-9-11-24)37-30(40)21-35-33(43)45-16-17-46(4,5)6/h7-15,23,27-28H,16-22H2,1-6H3,(H,34,41)(H,35,43)(H,36,39)(H,37,40)(H,38,42)/t27-,28-/m0/s1. The Kier molecular flexibility index (Phi) is 15.9. The van der Waals surface area contributed by atoms with E-state index in [1.54, 1.807) is 19.2 Å². The van der Waals surface area contributed by atoms with E-state index >= 15 is 0 Å². The molecule has 2 aromatic rings. The van der Waals surface area contributed by atoms with Crippen molar-refractivity contribution in [3.05, 3.63) is 65.7 Å². The van der Waals surface area contributed by atoms with Crippen LogP contribution in [-0.2, 0) is 41.7 Å². The molecule has 0 aromatic heterocycles. The van der Waals surface area contributed by atoms with Crippen molar-refractivity contribution in [3.63, 3.8) is 0 Å². The number of rotatable bonds is 18. The molecule has 2 atom stereocenters.